The normalized spacial score (nSPS) is 10.7. The van der Waals surface area contributed by atoms with Gasteiger partial charge in [0.2, 0.25) is 0 Å². The first-order valence-electron chi connectivity index (χ1n) is 4.35. The van der Waals surface area contributed by atoms with Gasteiger partial charge in [-0.1, -0.05) is 22.0 Å². The Kier molecular flexibility index (Phi) is 2.74. The van der Waals surface area contributed by atoms with Crippen molar-refractivity contribution in [2.24, 2.45) is 0 Å². The highest BCUT2D eigenvalue weighted by Gasteiger charge is 1.99. The molecule has 3 nitrogen and oxygen atoms in total. The Morgan fingerprint density at radius 2 is 2.29 bits per heavy atom. The van der Waals surface area contributed by atoms with Gasteiger partial charge in [0.15, 0.2) is 0 Å². The first-order chi connectivity index (χ1) is 6.79. The molecule has 4 heteroatoms. The van der Waals surface area contributed by atoms with E-state index in [4.69, 9.17) is 0 Å². The molecule has 0 fully saturated rings. The summed E-state index contributed by atoms with van der Waals surface area (Å²) in [6.07, 6.45) is 1.85. The van der Waals surface area contributed by atoms with E-state index in [0.29, 0.717) is 6.54 Å². The van der Waals surface area contributed by atoms with Crippen molar-refractivity contribution in [3.05, 3.63) is 34.7 Å². The van der Waals surface area contributed by atoms with Gasteiger partial charge in [-0.05, 0) is 19.2 Å². The van der Waals surface area contributed by atoms with Crippen molar-refractivity contribution in [1.29, 1.82) is 0 Å². The van der Waals surface area contributed by atoms with Crippen LogP contribution in [-0.2, 0) is 6.54 Å². The molecule has 2 aromatic rings. The standard InChI is InChI=1S/C10H10BrN3/c1-12-6-10-13-5-7-2-3-8(11)4-9(7)14-10/h2-5,12H,6H2,1H3. The van der Waals surface area contributed by atoms with Gasteiger partial charge in [0.05, 0.1) is 12.1 Å². The third-order valence-corrected chi connectivity index (χ3v) is 2.42. The number of aromatic nitrogens is 2. The van der Waals surface area contributed by atoms with Gasteiger partial charge >= 0.3 is 0 Å². The third-order valence-electron chi connectivity index (χ3n) is 1.93. The van der Waals surface area contributed by atoms with Gasteiger partial charge in [-0.2, -0.15) is 0 Å². The molecular weight excluding hydrogens is 242 g/mol. The summed E-state index contributed by atoms with van der Waals surface area (Å²) in [6.45, 7) is 0.697. The molecule has 0 aliphatic rings. The van der Waals surface area contributed by atoms with E-state index in [2.05, 4.69) is 31.2 Å². The van der Waals surface area contributed by atoms with Crippen molar-refractivity contribution < 1.29 is 0 Å². The molecule has 0 bridgehead atoms. The molecule has 0 aliphatic heterocycles. The largest absolute Gasteiger partial charge is 0.313 e. The molecule has 0 radical (unpaired) electrons. The van der Waals surface area contributed by atoms with E-state index in [1.165, 1.54) is 0 Å². The minimum atomic E-state index is 0.697. The number of nitrogens with zero attached hydrogens (tertiary/aromatic N) is 2. The number of halogens is 1. The molecule has 0 amide bonds. The lowest BCUT2D eigenvalue weighted by Gasteiger charge is -2.01. The van der Waals surface area contributed by atoms with Crippen LogP contribution < -0.4 is 5.32 Å². The van der Waals surface area contributed by atoms with E-state index in [1.807, 2.05) is 31.4 Å². The minimum absolute atomic E-state index is 0.697. The first-order valence-corrected chi connectivity index (χ1v) is 5.14. The van der Waals surface area contributed by atoms with Crippen molar-refractivity contribution in [3.63, 3.8) is 0 Å². The zero-order chi connectivity index (χ0) is 9.97. The van der Waals surface area contributed by atoms with Crippen LogP contribution >= 0.6 is 15.9 Å². The van der Waals surface area contributed by atoms with Gasteiger partial charge in [-0.15, -0.1) is 0 Å². The quantitative estimate of drug-likeness (QED) is 0.889. The lowest BCUT2D eigenvalue weighted by atomic mass is 10.2. The van der Waals surface area contributed by atoms with Gasteiger partial charge in [0.1, 0.15) is 5.82 Å². The summed E-state index contributed by atoms with van der Waals surface area (Å²) in [7, 11) is 1.88. The molecule has 0 spiro atoms. The predicted octanol–water partition coefficient (Wildman–Crippen LogP) is 2.11. The molecule has 0 saturated heterocycles. The number of rotatable bonds is 2. The maximum absolute atomic E-state index is 4.42. The highest BCUT2D eigenvalue weighted by atomic mass is 79.9. The Hall–Kier alpha value is -1.00. The molecule has 1 aromatic heterocycles. The Balaban J connectivity index is 2.52. The monoisotopic (exact) mass is 251 g/mol. The number of hydrogen-bond acceptors (Lipinski definition) is 3. The minimum Gasteiger partial charge on any atom is -0.313 e. The van der Waals surface area contributed by atoms with Crippen LogP contribution in [0.3, 0.4) is 0 Å². The molecule has 14 heavy (non-hydrogen) atoms. The van der Waals surface area contributed by atoms with E-state index in [-0.39, 0.29) is 0 Å². The molecule has 0 unspecified atom stereocenters. The van der Waals surface area contributed by atoms with Crippen molar-refractivity contribution in [3.8, 4) is 0 Å². The van der Waals surface area contributed by atoms with Gasteiger partial charge < -0.3 is 5.32 Å². The summed E-state index contributed by atoms with van der Waals surface area (Å²) in [6, 6.07) is 5.99. The fourth-order valence-corrected chi connectivity index (χ4v) is 1.63. The molecular formula is C10H10BrN3. The van der Waals surface area contributed by atoms with Gasteiger partial charge in [-0.25, -0.2) is 9.97 Å². The Bertz CT molecular complexity index is 456. The predicted molar refractivity (Wildman–Crippen MR) is 60.0 cm³/mol. The summed E-state index contributed by atoms with van der Waals surface area (Å²) in [5.74, 6) is 0.818. The molecule has 0 atom stereocenters. The van der Waals surface area contributed by atoms with E-state index < -0.39 is 0 Å². The summed E-state index contributed by atoms with van der Waals surface area (Å²) >= 11 is 3.42. The number of benzene rings is 1. The second kappa shape index (κ2) is 4.02. The zero-order valence-electron chi connectivity index (χ0n) is 7.79. The fraction of sp³-hybridized carbons (Fsp3) is 0.200. The van der Waals surface area contributed by atoms with Crippen LogP contribution in [0.4, 0.5) is 0 Å². The highest BCUT2D eigenvalue weighted by Crippen LogP contribution is 2.17. The van der Waals surface area contributed by atoms with Crippen LogP contribution in [0.1, 0.15) is 5.82 Å². The van der Waals surface area contributed by atoms with Gasteiger partial charge in [0, 0.05) is 16.1 Å². The van der Waals surface area contributed by atoms with Crippen molar-refractivity contribution in [2.75, 3.05) is 7.05 Å². The number of hydrogen-bond donors (Lipinski definition) is 1. The summed E-state index contributed by atoms with van der Waals surface area (Å²) < 4.78 is 1.04. The Morgan fingerprint density at radius 3 is 3.07 bits per heavy atom. The van der Waals surface area contributed by atoms with Crippen molar-refractivity contribution >= 4 is 26.8 Å². The maximum Gasteiger partial charge on any atom is 0.142 e. The second-order valence-electron chi connectivity index (χ2n) is 3.02. The molecule has 0 aliphatic carbocycles. The van der Waals surface area contributed by atoms with E-state index in [1.54, 1.807) is 0 Å². The molecule has 1 heterocycles. The van der Waals surface area contributed by atoms with Crippen LogP contribution in [0.25, 0.3) is 10.9 Å². The number of fused-ring (bicyclic) bond motifs is 1. The van der Waals surface area contributed by atoms with Crippen LogP contribution in [0.15, 0.2) is 28.9 Å². The maximum atomic E-state index is 4.42. The highest BCUT2D eigenvalue weighted by molar-refractivity contribution is 9.10. The summed E-state index contributed by atoms with van der Waals surface area (Å²) in [5.41, 5.74) is 0.972. The molecule has 0 saturated carbocycles. The fourth-order valence-electron chi connectivity index (χ4n) is 1.28. The third kappa shape index (κ3) is 1.91. The van der Waals surface area contributed by atoms with Gasteiger partial charge in [0.25, 0.3) is 0 Å². The van der Waals surface area contributed by atoms with E-state index in [0.717, 1.165) is 21.2 Å². The average molecular weight is 252 g/mol. The van der Waals surface area contributed by atoms with Crippen molar-refractivity contribution in [1.82, 2.24) is 15.3 Å². The van der Waals surface area contributed by atoms with Crippen LogP contribution in [0.2, 0.25) is 0 Å². The van der Waals surface area contributed by atoms with E-state index in [9.17, 15) is 0 Å². The van der Waals surface area contributed by atoms with Crippen LogP contribution in [0, 0.1) is 0 Å². The second-order valence-corrected chi connectivity index (χ2v) is 3.94. The summed E-state index contributed by atoms with van der Waals surface area (Å²) in [4.78, 5) is 8.66. The topological polar surface area (TPSA) is 37.8 Å². The first kappa shape index (κ1) is 9.55. The van der Waals surface area contributed by atoms with Crippen molar-refractivity contribution in [2.45, 2.75) is 6.54 Å². The zero-order valence-corrected chi connectivity index (χ0v) is 9.37. The molecule has 72 valence electrons. The van der Waals surface area contributed by atoms with Crippen LogP contribution in [0.5, 0.6) is 0 Å². The Labute approximate surface area is 90.7 Å². The number of nitrogens with one attached hydrogen (secondary N) is 1. The molecule has 1 aromatic carbocycles. The van der Waals surface area contributed by atoms with Crippen LogP contribution in [-0.4, -0.2) is 17.0 Å². The summed E-state index contributed by atoms with van der Waals surface area (Å²) in [5, 5.41) is 4.09. The smallest absolute Gasteiger partial charge is 0.142 e. The van der Waals surface area contributed by atoms with E-state index >= 15 is 0 Å². The molecule has 2 rings (SSSR count). The average Bonchev–Trinajstić information content (AvgIpc) is 2.17. The lowest BCUT2D eigenvalue weighted by Crippen LogP contribution is -2.08. The SMILES string of the molecule is CNCc1ncc2ccc(Br)cc2n1. The lowest BCUT2D eigenvalue weighted by molar-refractivity contribution is 0.764. The molecule has 1 N–H and O–H groups in total. The van der Waals surface area contributed by atoms with Gasteiger partial charge in [-0.3, -0.25) is 0 Å². The Morgan fingerprint density at radius 1 is 1.43 bits per heavy atom.